The number of rotatable bonds is 6. The highest BCUT2D eigenvalue weighted by molar-refractivity contribution is 6.06. The second-order valence-electron chi connectivity index (χ2n) is 6.63. The molecule has 0 saturated carbocycles. The Bertz CT molecular complexity index is 938. The van der Waals surface area contributed by atoms with Crippen LogP contribution in [0.2, 0.25) is 0 Å². The summed E-state index contributed by atoms with van der Waals surface area (Å²) in [5.74, 6) is -0.230. The zero-order valence-electron chi connectivity index (χ0n) is 16.2. The van der Waals surface area contributed by atoms with Crippen molar-refractivity contribution in [1.29, 1.82) is 0 Å². The highest BCUT2D eigenvalue weighted by Crippen LogP contribution is 2.25. The molecule has 0 saturated heterocycles. The van der Waals surface area contributed by atoms with E-state index in [1.54, 1.807) is 48.4 Å². The molecule has 1 amide bonds. The maximum Gasteiger partial charge on any atom is 0.261 e. The summed E-state index contributed by atoms with van der Waals surface area (Å²) in [6, 6.07) is 21.1. The summed E-state index contributed by atoms with van der Waals surface area (Å²) >= 11 is 0. The van der Waals surface area contributed by atoms with E-state index >= 15 is 0 Å². The highest BCUT2D eigenvalue weighted by Gasteiger charge is 2.21. The Labute approximate surface area is 164 Å². The molecule has 0 aliphatic rings. The first-order valence-corrected chi connectivity index (χ1v) is 8.96. The van der Waals surface area contributed by atoms with Crippen molar-refractivity contribution < 1.29 is 13.9 Å². The van der Waals surface area contributed by atoms with E-state index < -0.39 is 5.82 Å². The van der Waals surface area contributed by atoms with E-state index in [9.17, 15) is 9.18 Å². The van der Waals surface area contributed by atoms with Gasteiger partial charge in [0.15, 0.2) is 0 Å². The normalized spacial score (nSPS) is 10.4. The van der Waals surface area contributed by atoms with Gasteiger partial charge in [0.2, 0.25) is 0 Å². The van der Waals surface area contributed by atoms with Gasteiger partial charge in [-0.15, -0.1) is 0 Å². The molecule has 0 fully saturated rings. The number of carbonyl (C=O) groups excluding carboxylic acids is 1. The maximum absolute atomic E-state index is 14.2. The number of benzene rings is 3. The van der Waals surface area contributed by atoms with Gasteiger partial charge < -0.3 is 14.5 Å². The summed E-state index contributed by atoms with van der Waals surface area (Å²) in [6.45, 7) is 0.327. The van der Waals surface area contributed by atoms with Crippen molar-refractivity contribution in [3.05, 3.63) is 89.7 Å². The van der Waals surface area contributed by atoms with Gasteiger partial charge in [-0.25, -0.2) is 4.39 Å². The molecule has 0 spiro atoms. The summed E-state index contributed by atoms with van der Waals surface area (Å²) in [6.07, 6.45) is 0. The van der Waals surface area contributed by atoms with Crippen LogP contribution in [-0.2, 0) is 6.54 Å². The average Bonchev–Trinajstić information content (AvgIpc) is 2.72. The summed E-state index contributed by atoms with van der Waals surface area (Å²) < 4.78 is 19.4. The summed E-state index contributed by atoms with van der Waals surface area (Å²) in [4.78, 5) is 16.7. The Hall–Kier alpha value is -3.34. The molecule has 144 valence electrons. The van der Waals surface area contributed by atoms with Crippen LogP contribution in [0.4, 0.5) is 15.8 Å². The molecule has 0 unspecified atom stereocenters. The van der Waals surface area contributed by atoms with Crippen molar-refractivity contribution in [2.75, 3.05) is 31.0 Å². The average molecular weight is 378 g/mol. The first-order chi connectivity index (χ1) is 13.5. The lowest BCUT2D eigenvalue weighted by atomic mass is 10.1. The van der Waals surface area contributed by atoms with Gasteiger partial charge in [0.1, 0.15) is 11.6 Å². The Morgan fingerprint density at radius 2 is 1.50 bits per heavy atom. The van der Waals surface area contributed by atoms with Crippen molar-refractivity contribution in [1.82, 2.24) is 0 Å². The van der Waals surface area contributed by atoms with Crippen molar-refractivity contribution in [2.24, 2.45) is 0 Å². The zero-order chi connectivity index (χ0) is 20.1. The lowest BCUT2D eigenvalue weighted by Crippen LogP contribution is -2.31. The predicted octanol–water partition coefficient (Wildman–Crippen LogP) is 4.75. The Morgan fingerprint density at radius 3 is 2.07 bits per heavy atom. The third-order valence-electron chi connectivity index (χ3n) is 4.53. The summed E-state index contributed by atoms with van der Waals surface area (Å²) in [5.41, 5.74) is 2.74. The van der Waals surface area contributed by atoms with E-state index in [4.69, 9.17) is 4.74 Å². The monoisotopic (exact) mass is 378 g/mol. The van der Waals surface area contributed by atoms with E-state index in [0.717, 1.165) is 11.3 Å². The van der Waals surface area contributed by atoms with Crippen LogP contribution >= 0.6 is 0 Å². The number of carbonyl (C=O) groups is 1. The SMILES string of the molecule is COc1ccc(N(Cc2ccc(N(C)C)cc2)C(=O)c2ccccc2F)cc1. The van der Waals surface area contributed by atoms with Crippen LogP contribution in [0.25, 0.3) is 0 Å². The molecular formula is C23H23FN2O2. The van der Waals surface area contributed by atoms with Crippen LogP contribution in [0, 0.1) is 5.82 Å². The number of anilines is 2. The molecule has 0 aliphatic carbocycles. The third-order valence-corrected chi connectivity index (χ3v) is 4.53. The number of ether oxygens (including phenoxy) is 1. The Morgan fingerprint density at radius 1 is 0.893 bits per heavy atom. The van der Waals surface area contributed by atoms with Gasteiger partial charge in [0.05, 0.1) is 19.2 Å². The van der Waals surface area contributed by atoms with E-state index in [2.05, 4.69) is 0 Å². The molecule has 4 nitrogen and oxygen atoms in total. The molecule has 0 atom stereocenters. The summed E-state index contributed by atoms with van der Waals surface area (Å²) in [5, 5.41) is 0. The van der Waals surface area contributed by atoms with Gasteiger partial charge in [-0.3, -0.25) is 4.79 Å². The Balaban J connectivity index is 1.96. The Kier molecular flexibility index (Phi) is 5.94. The molecule has 3 aromatic rings. The molecule has 28 heavy (non-hydrogen) atoms. The first kappa shape index (κ1) is 19.4. The summed E-state index contributed by atoms with van der Waals surface area (Å²) in [7, 11) is 5.53. The van der Waals surface area contributed by atoms with Crippen LogP contribution < -0.4 is 14.5 Å². The lowest BCUT2D eigenvalue weighted by Gasteiger charge is -2.24. The molecule has 0 aromatic heterocycles. The molecule has 0 radical (unpaired) electrons. The maximum atomic E-state index is 14.2. The van der Waals surface area contributed by atoms with Gasteiger partial charge in [0, 0.05) is 25.5 Å². The quantitative estimate of drug-likeness (QED) is 0.621. The fourth-order valence-electron chi connectivity index (χ4n) is 2.90. The largest absolute Gasteiger partial charge is 0.497 e. The molecule has 3 rings (SSSR count). The van der Waals surface area contributed by atoms with Crippen LogP contribution in [0.1, 0.15) is 15.9 Å². The van der Waals surface area contributed by atoms with E-state index in [0.29, 0.717) is 18.0 Å². The van der Waals surface area contributed by atoms with Gasteiger partial charge >= 0.3 is 0 Å². The second-order valence-corrected chi connectivity index (χ2v) is 6.63. The van der Waals surface area contributed by atoms with Gasteiger partial charge in [-0.1, -0.05) is 24.3 Å². The number of hydrogen-bond donors (Lipinski definition) is 0. The molecular weight excluding hydrogens is 355 g/mol. The van der Waals surface area contributed by atoms with Crippen molar-refractivity contribution in [2.45, 2.75) is 6.54 Å². The van der Waals surface area contributed by atoms with E-state index in [-0.39, 0.29) is 11.5 Å². The fourth-order valence-corrected chi connectivity index (χ4v) is 2.90. The molecule has 3 aromatic carbocycles. The van der Waals surface area contributed by atoms with Gasteiger partial charge in [-0.2, -0.15) is 0 Å². The van der Waals surface area contributed by atoms with E-state index in [1.807, 2.05) is 43.3 Å². The van der Waals surface area contributed by atoms with E-state index in [1.165, 1.54) is 12.1 Å². The molecule has 0 bridgehead atoms. The number of amides is 1. The van der Waals surface area contributed by atoms with Gasteiger partial charge in [0.25, 0.3) is 5.91 Å². The zero-order valence-corrected chi connectivity index (χ0v) is 16.2. The molecule has 0 aliphatic heterocycles. The van der Waals surface area contributed by atoms with Crippen LogP contribution in [-0.4, -0.2) is 27.1 Å². The minimum atomic E-state index is -0.533. The van der Waals surface area contributed by atoms with Crippen LogP contribution in [0.3, 0.4) is 0 Å². The fraction of sp³-hybridized carbons (Fsp3) is 0.174. The minimum absolute atomic E-state index is 0.0447. The highest BCUT2D eigenvalue weighted by atomic mass is 19.1. The molecule has 0 heterocycles. The minimum Gasteiger partial charge on any atom is -0.497 e. The number of methoxy groups -OCH3 is 1. The van der Waals surface area contributed by atoms with Crippen LogP contribution in [0.5, 0.6) is 5.75 Å². The number of hydrogen-bond acceptors (Lipinski definition) is 3. The van der Waals surface area contributed by atoms with Gasteiger partial charge in [-0.05, 0) is 54.1 Å². The molecule has 0 N–H and O–H groups in total. The standard InChI is InChI=1S/C23H23FN2O2/c1-25(2)18-10-8-17(9-11-18)16-26(19-12-14-20(28-3)15-13-19)23(27)21-6-4-5-7-22(21)24/h4-15H,16H2,1-3H3. The predicted molar refractivity (Wildman–Crippen MR) is 111 cm³/mol. The number of halogens is 1. The lowest BCUT2D eigenvalue weighted by molar-refractivity contribution is 0.0981. The number of nitrogens with zero attached hydrogens (tertiary/aromatic N) is 2. The van der Waals surface area contributed by atoms with Crippen molar-refractivity contribution >= 4 is 17.3 Å². The van der Waals surface area contributed by atoms with Crippen molar-refractivity contribution in [3.8, 4) is 5.75 Å². The smallest absolute Gasteiger partial charge is 0.261 e. The third kappa shape index (κ3) is 4.31. The molecule has 5 heteroatoms. The van der Waals surface area contributed by atoms with Crippen LogP contribution in [0.15, 0.2) is 72.8 Å². The topological polar surface area (TPSA) is 32.8 Å². The second kappa shape index (κ2) is 8.57. The first-order valence-electron chi connectivity index (χ1n) is 8.96. The van der Waals surface area contributed by atoms with Crippen molar-refractivity contribution in [3.63, 3.8) is 0 Å².